The fourth-order valence-corrected chi connectivity index (χ4v) is 0.214. The van der Waals surface area contributed by atoms with Gasteiger partial charge in [-0.25, -0.2) is 0 Å². The maximum atomic E-state index is 6.57. The van der Waals surface area contributed by atoms with Gasteiger partial charge in [0.1, 0.15) is 0 Å². The summed E-state index contributed by atoms with van der Waals surface area (Å²) in [7, 11) is 0. The lowest BCUT2D eigenvalue weighted by Crippen LogP contribution is -1.80. The molecule has 0 spiro atoms. The Morgan fingerprint density at radius 1 is 1.43 bits per heavy atom. The molecule has 0 nitrogen and oxygen atoms in total. The molecule has 0 rings (SSSR count). The Kier molecular flexibility index (Phi) is 2.79. The maximum Gasteiger partial charge on any atom is 0.0568 e. The molecule has 0 fully saturated rings. The highest BCUT2D eigenvalue weighted by Crippen LogP contribution is 1.92. The first-order valence-electron chi connectivity index (χ1n) is 2.02. The molecule has 0 atom stereocenters. The highest BCUT2D eigenvalue weighted by Gasteiger charge is 1.84. The zero-order valence-electron chi connectivity index (χ0n) is 4.15. The van der Waals surface area contributed by atoms with E-state index in [4.69, 9.17) is 6.42 Å². The van der Waals surface area contributed by atoms with Crippen LogP contribution in [0.5, 0.6) is 0 Å². The molecule has 0 unspecified atom stereocenters. The van der Waals surface area contributed by atoms with Crippen molar-refractivity contribution in [2.24, 2.45) is 5.92 Å². The summed E-state index contributed by atoms with van der Waals surface area (Å²) in [5.74, 6) is 2.15. The van der Waals surface area contributed by atoms with Crippen LogP contribution in [0, 0.1) is 18.3 Å². The Bertz CT molecular complexity index is 95.7. The third kappa shape index (κ3) is 1.83. The van der Waals surface area contributed by atoms with Crippen LogP contribution < -0.4 is 0 Å². The Morgan fingerprint density at radius 3 is 1.86 bits per heavy atom. The topological polar surface area (TPSA) is 0 Å². The van der Waals surface area contributed by atoms with Crippen molar-refractivity contribution in [3.63, 3.8) is 0 Å². The van der Waals surface area contributed by atoms with Gasteiger partial charge in [-0.15, -0.1) is 13.2 Å². The third-order valence-corrected chi connectivity index (χ3v) is 0.675. The van der Waals surface area contributed by atoms with E-state index in [-0.39, 0.29) is 5.92 Å². The van der Waals surface area contributed by atoms with Crippen LogP contribution >= 0.6 is 0 Å². The summed E-state index contributed by atoms with van der Waals surface area (Å²) in [4.78, 5) is 0. The van der Waals surface area contributed by atoms with Gasteiger partial charge in [0, 0.05) is 0 Å². The molecule has 7 heavy (non-hydrogen) atoms. The van der Waals surface area contributed by atoms with Crippen molar-refractivity contribution in [2.45, 2.75) is 0 Å². The summed E-state index contributed by atoms with van der Waals surface area (Å²) >= 11 is 0. The van der Waals surface area contributed by atoms with Crippen LogP contribution in [0.4, 0.5) is 0 Å². The standard InChI is InChI=1S/C7H7/c1-4-7(5-2)6-3/h4-5,7H,1-2H2. The lowest BCUT2D eigenvalue weighted by molar-refractivity contribution is 1.13. The first kappa shape index (κ1) is 6.04. The molecule has 1 radical (unpaired) electrons. The molecule has 0 aromatic carbocycles. The molecule has 0 saturated carbocycles. The molecule has 0 heterocycles. The summed E-state index contributed by atoms with van der Waals surface area (Å²) in [5.41, 5.74) is 0. The SMILES string of the molecule is [C]#CC(C=C)C=C. The molecule has 0 aromatic heterocycles. The van der Waals surface area contributed by atoms with Gasteiger partial charge in [0.15, 0.2) is 0 Å². The Morgan fingerprint density at radius 2 is 1.86 bits per heavy atom. The van der Waals surface area contributed by atoms with Gasteiger partial charge in [-0.05, 0) is 6.42 Å². The van der Waals surface area contributed by atoms with Gasteiger partial charge in [0.2, 0.25) is 0 Å². The minimum atomic E-state index is -0.0694. The summed E-state index contributed by atoms with van der Waals surface area (Å²) in [6, 6.07) is 0. The molecular weight excluding hydrogens is 84.1 g/mol. The van der Waals surface area contributed by atoms with Crippen molar-refractivity contribution >= 4 is 0 Å². The van der Waals surface area contributed by atoms with Gasteiger partial charge in [-0.3, -0.25) is 0 Å². The van der Waals surface area contributed by atoms with E-state index < -0.39 is 0 Å². The highest BCUT2D eigenvalue weighted by molar-refractivity contribution is 5.07. The molecule has 0 saturated heterocycles. The van der Waals surface area contributed by atoms with Crippen molar-refractivity contribution in [2.75, 3.05) is 0 Å². The van der Waals surface area contributed by atoms with Crippen molar-refractivity contribution in [1.82, 2.24) is 0 Å². The maximum absolute atomic E-state index is 6.57. The second-order valence-electron chi connectivity index (χ2n) is 1.14. The summed E-state index contributed by atoms with van der Waals surface area (Å²) in [5, 5.41) is 0. The lowest BCUT2D eigenvalue weighted by Gasteiger charge is -1.87. The lowest BCUT2D eigenvalue weighted by atomic mass is 10.2. The Labute approximate surface area is 44.5 Å². The van der Waals surface area contributed by atoms with E-state index in [0.717, 1.165) is 0 Å². The molecule has 0 aromatic rings. The number of rotatable bonds is 2. The van der Waals surface area contributed by atoms with E-state index in [1.54, 1.807) is 12.2 Å². The molecule has 0 aliphatic rings. The summed E-state index contributed by atoms with van der Waals surface area (Å²) in [6.07, 6.45) is 9.79. The van der Waals surface area contributed by atoms with E-state index in [9.17, 15) is 0 Å². The highest BCUT2D eigenvalue weighted by atomic mass is 13.9. The monoisotopic (exact) mass is 91.1 g/mol. The van der Waals surface area contributed by atoms with E-state index in [1.165, 1.54) is 0 Å². The van der Waals surface area contributed by atoms with E-state index in [0.29, 0.717) is 0 Å². The smallest absolute Gasteiger partial charge is 0.0568 e. The summed E-state index contributed by atoms with van der Waals surface area (Å²) < 4.78 is 0. The first-order valence-corrected chi connectivity index (χ1v) is 2.02. The molecule has 0 amide bonds. The van der Waals surface area contributed by atoms with Crippen LogP contribution in [0.15, 0.2) is 25.3 Å². The van der Waals surface area contributed by atoms with Gasteiger partial charge in [-0.2, -0.15) is 0 Å². The van der Waals surface area contributed by atoms with Crippen LogP contribution in [0.3, 0.4) is 0 Å². The van der Waals surface area contributed by atoms with Gasteiger partial charge in [0.05, 0.1) is 5.92 Å². The van der Waals surface area contributed by atoms with Gasteiger partial charge < -0.3 is 0 Å². The molecule has 0 heteroatoms. The number of hydrogen-bond donors (Lipinski definition) is 0. The third-order valence-electron chi connectivity index (χ3n) is 0.675. The predicted octanol–water partition coefficient (Wildman–Crippen LogP) is 1.56. The van der Waals surface area contributed by atoms with Gasteiger partial charge in [-0.1, -0.05) is 18.1 Å². The fourth-order valence-electron chi connectivity index (χ4n) is 0.214. The Balaban J connectivity index is 3.65. The van der Waals surface area contributed by atoms with Gasteiger partial charge in [0.25, 0.3) is 0 Å². The summed E-state index contributed by atoms with van der Waals surface area (Å²) in [6.45, 7) is 6.90. The van der Waals surface area contributed by atoms with Crippen molar-refractivity contribution in [3.05, 3.63) is 31.7 Å². The zero-order valence-corrected chi connectivity index (χ0v) is 4.15. The number of hydrogen-bond acceptors (Lipinski definition) is 0. The second kappa shape index (κ2) is 3.24. The minimum absolute atomic E-state index is 0.0694. The average Bonchev–Trinajstić information content (AvgIpc) is 1.72. The molecule has 0 bridgehead atoms. The van der Waals surface area contributed by atoms with Crippen LogP contribution in [-0.2, 0) is 0 Å². The van der Waals surface area contributed by atoms with E-state index in [1.807, 2.05) is 0 Å². The fraction of sp³-hybridized carbons (Fsp3) is 0.143. The largest absolute Gasteiger partial charge is 0.102 e. The molecular formula is C7H7. The molecule has 35 valence electrons. The van der Waals surface area contributed by atoms with E-state index in [2.05, 4.69) is 19.1 Å². The zero-order chi connectivity index (χ0) is 5.70. The van der Waals surface area contributed by atoms with Crippen LogP contribution in [0.25, 0.3) is 0 Å². The predicted molar refractivity (Wildman–Crippen MR) is 31.0 cm³/mol. The van der Waals surface area contributed by atoms with Crippen LogP contribution in [0.2, 0.25) is 0 Å². The van der Waals surface area contributed by atoms with Crippen LogP contribution in [-0.4, -0.2) is 0 Å². The normalized spacial score (nSPS) is 7.43. The molecule has 0 N–H and O–H groups in total. The van der Waals surface area contributed by atoms with Gasteiger partial charge >= 0.3 is 0 Å². The Hall–Kier alpha value is -0.960. The molecule has 0 aliphatic carbocycles. The second-order valence-corrected chi connectivity index (χ2v) is 1.14. The first-order chi connectivity index (χ1) is 3.35. The average molecular weight is 91.1 g/mol. The number of allylic oxidation sites excluding steroid dienone is 2. The molecule has 0 aliphatic heterocycles. The minimum Gasteiger partial charge on any atom is -0.102 e. The van der Waals surface area contributed by atoms with Crippen molar-refractivity contribution in [3.8, 4) is 5.92 Å². The van der Waals surface area contributed by atoms with Crippen molar-refractivity contribution < 1.29 is 0 Å². The quantitative estimate of drug-likeness (QED) is 0.357. The van der Waals surface area contributed by atoms with E-state index >= 15 is 0 Å². The van der Waals surface area contributed by atoms with Crippen LogP contribution in [0.1, 0.15) is 0 Å². The van der Waals surface area contributed by atoms with Crippen molar-refractivity contribution in [1.29, 1.82) is 0 Å².